The molecule has 0 radical (unpaired) electrons. The molecule has 0 atom stereocenters. The molecular weight excluding hydrogens is 218 g/mol. The number of carbonyl (C=O) groups is 1. The van der Waals surface area contributed by atoms with E-state index in [0.717, 1.165) is 28.8 Å². The van der Waals surface area contributed by atoms with Crippen molar-refractivity contribution in [1.82, 2.24) is 0 Å². The van der Waals surface area contributed by atoms with Crippen LogP contribution in [0.5, 0.6) is 0 Å². The molecule has 3 rings (SSSR count). The van der Waals surface area contributed by atoms with E-state index in [0.29, 0.717) is 11.3 Å². The molecule has 2 nitrogen and oxygen atoms in total. The summed E-state index contributed by atoms with van der Waals surface area (Å²) in [6, 6.07) is 7.76. The Kier molecular flexibility index (Phi) is 2.07. The number of nitrogens with two attached hydrogens (primary N) is 1. The van der Waals surface area contributed by atoms with E-state index in [1.807, 2.05) is 23.6 Å². The van der Waals surface area contributed by atoms with Gasteiger partial charge in [0.1, 0.15) is 0 Å². The van der Waals surface area contributed by atoms with Crippen molar-refractivity contribution < 1.29 is 4.79 Å². The lowest BCUT2D eigenvalue weighted by atomic mass is 10.0. The molecule has 0 saturated carbocycles. The lowest BCUT2D eigenvalue weighted by molar-refractivity contribution is 0.104. The molecule has 1 aliphatic carbocycles. The molecule has 0 fully saturated rings. The monoisotopic (exact) mass is 229 g/mol. The number of carbonyl (C=O) groups excluding carboxylic acids is 1. The predicted molar refractivity (Wildman–Crippen MR) is 66.0 cm³/mol. The second kappa shape index (κ2) is 3.46. The van der Waals surface area contributed by atoms with E-state index in [-0.39, 0.29) is 5.78 Å². The number of fused-ring (bicyclic) bond motifs is 2. The summed E-state index contributed by atoms with van der Waals surface area (Å²) in [5.74, 6) is 0.0931. The van der Waals surface area contributed by atoms with Crippen molar-refractivity contribution in [3.05, 3.63) is 51.2 Å². The van der Waals surface area contributed by atoms with Crippen molar-refractivity contribution in [3.63, 3.8) is 0 Å². The van der Waals surface area contributed by atoms with Crippen LogP contribution < -0.4 is 5.73 Å². The molecule has 1 aliphatic rings. The summed E-state index contributed by atoms with van der Waals surface area (Å²) in [7, 11) is 0. The summed E-state index contributed by atoms with van der Waals surface area (Å²) < 4.78 is 0. The Morgan fingerprint density at radius 3 is 2.81 bits per heavy atom. The van der Waals surface area contributed by atoms with E-state index < -0.39 is 0 Å². The van der Waals surface area contributed by atoms with Gasteiger partial charge in [-0.25, -0.2) is 0 Å². The SMILES string of the molecule is Nc1cccc2c1C(=O)c1sccc1CC2. The Balaban J connectivity index is 2.26. The Morgan fingerprint density at radius 2 is 1.94 bits per heavy atom. The number of anilines is 1. The molecule has 0 spiro atoms. The summed E-state index contributed by atoms with van der Waals surface area (Å²) in [5, 5.41) is 1.98. The van der Waals surface area contributed by atoms with Crippen molar-refractivity contribution in [1.29, 1.82) is 0 Å². The summed E-state index contributed by atoms with van der Waals surface area (Å²) in [6.07, 6.45) is 1.83. The number of ketones is 1. The lowest BCUT2D eigenvalue weighted by Gasteiger charge is -2.06. The zero-order valence-electron chi connectivity index (χ0n) is 8.69. The normalized spacial score (nSPS) is 14.1. The highest BCUT2D eigenvalue weighted by molar-refractivity contribution is 7.12. The Morgan fingerprint density at radius 1 is 1.12 bits per heavy atom. The van der Waals surface area contributed by atoms with E-state index >= 15 is 0 Å². The van der Waals surface area contributed by atoms with Crippen molar-refractivity contribution >= 4 is 22.8 Å². The molecular formula is C13H11NOS. The minimum absolute atomic E-state index is 0.0931. The van der Waals surface area contributed by atoms with Gasteiger partial charge in [-0.05, 0) is 41.5 Å². The van der Waals surface area contributed by atoms with Crippen LogP contribution in [0.25, 0.3) is 0 Å². The van der Waals surface area contributed by atoms with E-state index in [4.69, 9.17) is 5.73 Å². The summed E-state index contributed by atoms with van der Waals surface area (Å²) >= 11 is 1.51. The van der Waals surface area contributed by atoms with Crippen molar-refractivity contribution in [2.75, 3.05) is 5.73 Å². The zero-order chi connectivity index (χ0) is 11.1. The lowest BCUT2D eigenvalue weighted by Crippen LogP contribution is -2.06. The standard InChI is InChI=1S/C13H11NOS/c14-10-3-1-2-8-4-5-9-6-7-16-13(9)12(15)11(8)10/h1-3,6-7H,4-5,14H2. The predicted octanol–water partition coefficient (Wildman–Crippen LogP) is 2.66. The molecule has 0 saturated heterocycles. The molecule has 0 aliphatic heterocycles. The van der Waals surface area contributed by atoms with Crippen LogP contribution in [0.15, 0.2) is 29.6 Å². The maximum Gasteiger partial charge on any atom is 0.205 e. The molecule has 0 unspecified atom stereocenters. The van der Waals surface area contributed by atoms with E-state index in [2.05, 4.69) is 0 Å². The van der Waals surface area contributed by atoms with Crippen LogP contribution >= 0.6 is 11.3 Å². The maximum atomic E-state index is 12.3. The van der Waals surface area contributed by atoms with Crippen LogP contribution in [0.1, 0.15) is 26.4 Å². The van der Waals surface area contributed by atoms with Gasteiger partial charge in [-0.3, -0.25) is 4.79 Å². The summed E-state index contributed by atoms with van der Waals surface area (Å²) in [4.78, 5) is 13.2. The molecule has 0 bridgehead atoms. The molecule has 1 aromatic heterocycles. The third-order valence-electron chi connectivity index (χ3n) is 3.03. The molecule has 0 amide bonds. The van der Waals surface area contributed by atoms with Crippen molar-refractivity contribution in [2.45, 2.75) is 12.8 Å². The first-order valence-corrected chi connectivity index (χ1v) is 6.14. The zero-order valence-corrected chi connectivity index (χ0v) is 9.51. The number of hydrogen-bond donors (Lipinski definition) is 1. The fourth-order valence-corrected chi connectivity index (χ4v) is 3.12. The fourth-order valence-electron chi connectivity index (χ4n) is 2.22. The summed E-state index contributed by atoms with van der Waals surface area (Å²) in [6.45, 7) is 0. The molecule has 3 heteroatoms. The molecule has 16 heavy (non-hydrogen) atoms. The van der Waals surface area contributed by atoms with E-state index in [9.17, 15) is 4.79 Å². The average Bonchev–Trinajstić information content (AvgIpc) is 2.69. The quantitative estimate of drug-likeness (QED) is 0.706. The smallest absolute Gasteiger partial charge is 0.205 e. The molecule has 2 aromatic rings. The number of hydrogen-bond acceptors (Lipinski definition) is 3. The topological polar surface area (TPSA) is 43.1 Å². The van der Waals surface area contributed by atoms with Crippen LogP contribution in [0.3, 0.4) is 0 Å². The minimum atomic E-state index is 0.0931. The van der Waals surface area contributed by atoms with E-state index in [1.54, 1.807) is 6.07 Å². The minimum Gasteiger partial charge on any atom is -0.398 e. The highest BCUT2D eigenvalue weighted by Crippen LogP contribution is 2.30. The van der Waals surface area contributed by atoms with Gasteiger partial charge in [-0.15, -0.1) is 11.3 Å². The first-order chi connectivity index (χ1) is 7.77. The van der Waals surface area contributed by atoms with Gasteiger partial charge < -0.3 is 5.73 Å². The van der Waals surface area contributed by atoms with Gasteiger partial charge in [0, 0.05) is 11.3 Å². The van der Waals surface area contributed by atoms with Crippen LogP contribution in [0.2, 0.25) is 0 Å². The third-order valence-corrected chi connectivity index (χ3v) is 3.98. The Bertz CT molecular complexity index is 571. The largest absolute Gasteiger partial charge is 0.398 e. The van der Waals surface area contributed by atoms with Crippen molar-refractivity contribution in [2.24, 2.45) is 0 Å². The number of rotatable bonds is 0. The van der Waals surface area contributed by atoms with Crippen LogP contribution in [-0.4, -0.2) is 5.78 Å². The van der Waals surface area contributed by atoms with Gasteiger partial charge in [0.25, 0.3) is 0 Å². The van der Waals surface area contributed by atoms with Gasteiger partial charge >= 0.3 is 0 Å². The second-order valence-corrected chi connectivity index (χ2v) is 4.90. The molecule has 1 heterocycles. The van der Waals surface area contributed by atoms with Gasteiger partial charge in [0.2, 0.25) is 5.78 Å². The van der Waals surface area contributed by atoms with Crippen LogP contribution in [-0.2, 0) is 12.8 Å². The highest BCUT2D eigenvalue weighted by atomic mass is 32.1. The van der Waals surface area contributed by atoms with Crippen molar-refractivity contribution in [3.8, 4) is 0 Å². The first-order valence-electron chi connectivity index (χ1n) is 5.26. The Labute approximate surface area is 97.7 Å². The molecule has 80 valence electrons. The number of thiophene rings is 1. The second-order valence-electron chi connectivity index (χ2n) is 3.99. The molecule has 2 N–H and O–H groups in total. The molecule has 1 aromatic carbocycles. The highest BCUT2D eigenvalue weighted by Gasteiger charge is 2.23. The van der Waals surface area contributed by atoms with Crippen LogP contribution in [0.4, 0.5) is 5.69 Å². The first kappa shape index (κ1) is 9.60. The fraction of sp³-hybridized carbons (Fsp3) is 0.154. The maximum absolute atomic E-state index is 12.3. The average molecular weight is 229 g/mol. The van der Waals surface area contributed by atoms with Crippen LogP contribution in [0, 0.1) is 0 Å². The van der Waals surface area contributed by atoms with E-state index in [1.165, 1.54) is 11.3 Å². The third kappa shape index (κ3) is 1.28. The van der Waals surface area contributed by atoms with Gasteiger partial charge in [0.15, 0.2) is 0 Å². The van der Waals surface area contributed by atoms with Gasteiger partial charge in [0.05, 0.1) is 4.88 Å². The number of benzene rings is 1. The van der Waals surface area contributed by atoms with Gasteiger partial charge in [-0.2, -0.15) is 0 Å². The van der Waals surface area contributed by atoms with Gasteiger partial charge in [-0.1, -0.05) is 12.1 Å². The summed E-state index contributed by atoms with van der Waals surface area (Å²) in [5.41, 5.74) is 9.46. The number of nitrogen functional groups attached to an aromatic ring is 1. The number of aryl methyl sites for hydroxylation is 2. The Hall–Kier alpha value is -1.61.